The molecule has 0 radical (unpaired) electrons. The minimum atomic E-state index is -0.252. The number of nitrogens with zero attached hydrogens (tertiary/aromatic N) is 2. The number of amides is 1. The topological polar surface area (TPSA) is 59.0 Å². The van der Waals surface area contributed by atoms with Gasteiger partial charge in [-0.25, -0.2) is 4.98 Å². The minimum absolute atomic E-state index is 0.0194. The lowest BCUT2D eigenvalue weighted by Gasteiger charge is -2.25. The Morgan fingerprint density at radius 2 is 2.29 bits per heavy atom. The van der Waals surface area contributed by atoms with Gasteiger partial charge in [0.2, 0.25) is 5.91 Å². The summed E-state index contributed by atoms with van der Waals surface area (Å²) >= 11 is 6.11. The van der Waals surface area contributed by atoms with E-state index in [1.54, 1.807) is 0 Å². The molecule has 0 saturated carbocycles. The normalized spacial score (nSPS) is 18.0. The Morgan fingerprint density at radius 1 is 1.46 bits per heavy atom. The monoisotopic (exact) mass is 346 g/mol. The van der Waals surface area contributed by atoms with Gasteiger partial charge in [-0.1, -0.05) is 29.8 Å². The lowest BCUT2D eigenvalue weighted by atomic mass is 9.98. The number of hydrogen-bond acceptors (Lipinski definition) is 3. The van der Waals surface area contributed by atoms with E-state index in [0.717, 1.165) is 37.3 Å². The predicted molar refractivity (Wildman–Crippen MR) is 95.0 cm³/mol. The van der Waals surface area contributed by atoms with Crippen LogP contribution in [0.4, 0.5) is 0 Å². The Bertz CT molecular complexity index is 700. The van der Waals surface area contributed by atoms with Crippen LogP contribution in [-0.2, 0) is 17.9 Å². The quantitative estimate of drug-likeness (QED) is 0.845. The highest BCUT2D eigenvalue weighted by molar-refractivity contribution is 6.31. The molecular weight excluding hydrogens is 324 g/mol. The summed E-state index contributed by atoms with van der Waals surface area (Å²) in [5.74, 6) is 1.47. The van der Waals surface area contributed by atoms with Crippen LogP contribution in [0.25, 0.3) is 0 Å². The van der Waals surface area contributed by atoms with E-state index in [4.69, 9.17) is 11.6 Å². The fourth-order valence-electron chi connectivity index (χ4n) is 3.09. The number of nitrogens with one attached hydrogen (secondary N) is 2. The smallest absolute Gasteiger partial charge is 0.237 e. The zero-order valence-corrected chi connectivity index (χ0v) is 14.6. The fourth-order valence-corrected chi connectivity index (χ4v) is 3.29. The maximum atomic E-state index is 12.3. The maximum absolute atomic E-state index is 12.3. The van der Waals surface area contributed by atoms with Crippen LogP contribution in [-0.4, -0.2) is 28.0 Å². The first-order valence-corrected chi connectivity index (χ1v) is 8.78. The number of imidazole rings is 1. The summed E-state index contributed by atoms with van der Waals surface area (Å²) in [5, 5.41) is 6.94. The van der Waals surface area contributed by atoms with E-state index in [2.05, 4.69) is 20.2 Å². The van der Waals surface area contributed by atoms with Crippen molar-refractivity contribution in [3.05, 3.63) is 53.1 Å². The predicted octanol–water partition coefficient (Wildman–Crippen LogP) is 2.71. The van der Waals surface area contributed by atoms with Gasteiger partial charge in [0.25, 0.3) is 0 Å². The number of fused-ring (bicyclic) bond motifs is 1. The highest BCUT2D eigenvalue weighted by atomic mass is 35.5. The van der Waals surface area contributed by atoms with Crippen molar-refractivity contribution in [1.82, 2.24) is 20.2 Å². The van der Waals surface area contributed by atoms with Crippen molar-refractivity contribution in [1.29, 1.82) is 0 Å². The zero-order valence-electron chi connectivity index (χ0n) is 13.8. The van der Waals surface area contributed by atoms with E-state index in [1.807, 2.05) is 43.6 Å². The molecule has 128 valence electrons. The molecule has 1 aromatic carbocycles. The van der Waals surface area contributed by atoms with Gasteiger partial charge in [0, 0.05) is 43.0 Å². The average Bonchev–Trinajstić information content (AvgIpc) is 3.08. The Morgan fingerprint density at radius 3 is 3.12 bits per heavy atom. The molecule has 6 heteroatoms. The molecule has 3 rings (SSSR count). The van der Waals surface area contributed by atoms with Gasteiger partial charge < -0.3 is 15.2 Å². The molecule has 5 nitrogen and oxygen atoms in total. The highest BCUT2D eigenvalue weighted by Crippen LogP contribution is 2.24. The summed E-state index contributed by atoms with van der Waals surface area (Å²) in [7, 11) is 0. The zero-order chi connectivity index (χ0) is 16.9. The fraction of sp³-hybridized carbons (Fsp3) is 0.444. The van der Waals surface area contributed by atoms with Gasteiger partial charge in [0.1, 0.15) is 5.82 Å². The second-order valence-corrected chi connectivity index (χ2v) is 6.66. The molecule has 24 heavy (non-hydrogen) atoms. The van der Waals surface area contributed by atoms with Crippen molar-refractivity contribution in [2.75, 3.05) is 6.54 Å². The third-order valence-electron chi connectivity index (χ3n) is 4.54. The van der Waals surface area contributed by atoms with Gasteiger partial charge in [0.05, 0.1) is 6.04 Å². The Balaban J connectivity index is 1.48. The number of carbonyl (C=O) groups excluding carboxylic acids is 1. The number of hydrogen-bond donors (Lipinski definition) is 2. The largest absolute Gasteiger partial charge is 0.351 e. The van der Waals surface area contributed by atoms with Gasteiger partial charge in [-0.15, -0.1) is 0 Å². The number of carbonyl (C=O) groups is 1. The van der Waals surface area contributed by atoms with Crippen molar-refractivity contribution < 1.29 is 4.79 Å². The molecule has 0 saturated heterocycles. The molecule has 2 atom stereocenters. The molecule has 0 spiro atoms. The Labute approximate surface area is 147 Å². The molecule has 2 N–H and O–H groups in total. The maximum Gasteiger partial charge on any atom is 0.237 e. The van der Waals surface area contributed by atoms with Crippen LogP contribution in [0, 0.1) is 0 Å². The Hall–Kier alpha value is -1.85. The number of rotatable bonds is 6. The third kappa shape index (κ3) is 3.97. The van der Waals surface area contributed by atoms with E-state index in [1.165, 1.54) is 0 Å². The number of halogens is 1. The van der Waals surface area contributed by atoms with Crippen molar-refractivity contribution in [2.24, 2.45) is 0 Å². The van der Waals surface area contributed by atoms with Crippen LogP contribution < -0.4 is 10.6 Å². The molecular formula is C18H23ClN4O. The lowest BCUT2D eigenvalue weighted by Crippen LogP contribution is -2.43. The SMILES string of the molecule is C[C@H](NC[C@@H]1CCCn2ccnc21)C(=O)NCc1ccccc1Cl. The van der Waals surface area contributed by atoms with Crippen LogP contribution >= 0.6 is 11.6 Å². The molecule has 0 fully saturated rings. The summed E-state index contributed by atoms with van der Waals surface area (Å²) in [6.45, 7) is 4.13. The van der Waals surface area contributed by atoms with Crippen LogP contribution in [0.5, 0.6) is 0 Å². The van der Waals surface area contributed by atoms with Gasteiger partial charge in [-0.2, -0.15) is 0 Å². The standard InChI is InChI=1S/C18H23ClN4O/c1-13(18(24)22-11-14-5-2-3-7-16(14)19)21-12-15-6-4-9-23-10-8-20-17(15)23/h2-3,5,7-8,10,13,15,21H,4,6,9,11-12H2,1H3,(H,22,24)/t13-,15-/m0/s1. The van der Waals surface area contributed by atoms with E-state index < -0.39 is 0 Å². The van der Waals surface area contributed by atoms with Crippen LogP contribution in [0.15, 0.2) is 36.7 Å². The lowest BCUT2D eigenvalue weighted by molar-refractivity contribution is -0.122. The summed E-state index contributed by atoms with van der Waals surface area (Å²) in [6, 6.07) is 7.29. The first-order chi connectivity index (χ1) is 11.6. The number of benzene rings is 1. The van der Waals surface area contributed by atoms with E-state index in [9.17, 15) is 4.79 Å². The first-order valence-electron chi connectivity index (χ1n) is 8.40. The van der Waals surface area contributed by atoms with E-state index >= 15 is 0 Å². The van der Waals surface area contributed by atoms with Crippen molar-refractivity contribution in [2.45, 2.75) is 44.8 Å². The second kappa shape index (κ2) is 7.81. The highest BCUT2D eigenvalue weighted by Gasteiger charge is 2.22. The molecule has 0 bridgehead atoms. The third-order valence-corrected chi connectivity index (χ3v) is 4.91. The van der Waals surface area contributed by atoms with E-state index in [0.29, 0.717) is 17.5 Å². The molecule has 0 unspecified atom stereocenters. The van der Waals surface area contributed by atoms with Gasteiger partial charge >= 0.3 is 0 Å². The minimum Gasteiger partial charge on any atom is -0.351 e. The first kappa shape index (κ1) is 17.0. The second-order valence-electron chi connectivity index (χ2n) is 6.26. The summed E-state index contributed by atoms with van der Waals surface area (Å²) < 4.78 is 2.21. The Kier molecular flexibility index (Phi) is 5.53. The van der Waals surface area contributed by atoms with Crippen molar-refractivity contribution in [3.8, 4) is 0 Å². The van der Waals surface area contributed by atoms with Gasteiger partial charge in [-0.3, -0.25) is 4.79 Å². The van der Waals surface area contributed by atoms with Gasteiger partial charge in [0.15, 0.2) is 0 Å². The molecule has 1 amide bonds. The summed E-state index contributed by atoms with van der Waals surface area (Å²) in [5.41, 5.74) is 0.925. The number of aryl methyl sites for hydroxylation is 1. The van der Waals surface area contributed by atoms with Crippen molar-refractivity contribution in [3.63, 3.8) is 0 Å². The number of aromatic nitrogens is 2. The molecule has 2 heterocycles. The van der Waals surface area contributed by atoms with Crippen molar-refractivity contribution >= 4 is 17.5 Å². The molecule has 2 aromatic rings. The van der Waals surface area contributed by atoms with Gasteiger partial charge in [-0.05, 0) is 31.4 Å². The average molecular weight is 347 g/mol. The molecule has 1 aliphatic heterocycles. The van der Waals surface area contributed by atoms with E-state index in [-0.39, 0.29) is 11.9 Å². The molecule has 0 aliphatic carbocycles. The molecule has 1 aliphatic rings. The molecule has 1 aromatic heterocycles. The summed E-state index contributed by atoms with van der Waals surface area (Å²) in [6.07, 6.45) is 6.15. The summed E-state index contributed by atoms with van der Waals surface area (Å²) in [4.78, 5) is 16.7. The van der Waals surface area contributed by atoms with Crippen LogP contribution in [0.3, 0.4) is 0 Å². The van der Waals surface area contributed by atoms with Crippen LogP contribution in [0.1, 0.15) is 37.1 Å². The van der Waals surface area contributed by atoms with Crippen LogP contribution in [0.2, 0.25) is 5.02 Å².